The van der Waals surface area contributed by atoms with Crippen molar-refractivity contribution in [3.63, 3.8) is 0 Å². The van der Waals surface area contributed by atoms with E-state index in [2.05, 4.69) is 151 Å². The van der Waals surface area contributed by atoms with E-state index in [1.54, 1.807) is 0 Å². The molecule has 41 heavy (non-hydrogen) atoms. The molecule has 0 aromatic heterocycles. The SMILES string of the molecule is Cc1ccc(N2c3cccc4c3B3c5c(cccc5N(c5ccc(C)cc5)c5cccc2c53)-c2ccccc2-4)cc1. The molecule has 6 aromatic carbocycles. The molecule has 0 aliphatic carbocycles. The maximum absolute atomic E-state index is 2.49. The average molecular weight is 522 g/mol. The van der Waals surface area contributed by atoms with E-state index in [0.29, 0.717) is 0 Å². The Bertz CT molecular complexity index is 1880. The quantitative estimate of drug-likeness (QED) is 0.212. The molecule has 0 unspecified atom stereocenters. The third kappa shape index (κ3) is 3.04. The van der Waals surface area contributed by atoms with Gasteiger partial charge in [0.05, 0.1) is 0 Å². The normalized spacial score (nSPS) is 13.5. The topological polar surface area (TPSA) is 6.48 Å². The lowest BCUT2D eigenvalue weighted by molar-refractivity contribution is 1.25. The first-order chi connectivity index (χ1) is 20.2. The minimum absolute atomic E-state index is 0.134. The molecule has 3 heterocycles. The van der Waals surface area contributed by atoms with Crippen LogP contribution in [-0.2, 0) is 0 Å². The van der Waals surface area contributed by atoms with Crippen LogP contribution in [0.4, 0.5) is 34.1 Å². The highest BCUT2D eigenvalue weighted by Crippen LogP contribution is 2.48. The van der Waals surface area contributed by atoms with Gasteiger partial charge in [-0.25, -0.2) is 0 Å². The molecule has 3 aliphatic heterocycles. The van der Waals surface area contributed by atoms with Crippen molar-refractivity contribution in [1.29, 1.82) is 0 Å². The van der Waals surface area contributed by atoms with Gasteiger partial charge < -0.3 is 9.80 Å². The van der Waals surface area contributed by atoms with Crippen LogP contribution in [0, 0.1) is 13.8 Å². The van der Waals surface area contributed by atoms with Gasteiger partial charge in [0.25, 0.3) is 6.71 Å². The van der Waals surface area contributed by atoms with E-state index in [4.69, 9.17) is 0 Å². The lowest BCUT2D eigenvalue weighted by Crippen LogP contribution is -2.61. The Kier molecular flexibility index (Phi) is 4.58. The highest BCUT2D eigenvalue weighted by atomic mass is 15.2. The second-order valence-electron chi connectivity index (χ2n) is 11.5. The van der Waals surface area contributed by atoms with Crippen molar-refractivity contribution in [3.05, 3.63) is 139 Å². The molecular weight excluding hydrogens is 495 g/mol. The van der Waals surface area contributed by atoms with Gasteiger partial charge in [0.1, 0.15) is 0 Å². The van der Waals surface area contributed by atoms with Gasteiger partial charge in [-0.3, -0.25) is 0 Å². The van der Waals surface area contributed by atoms with Crippen molar-refractivity contribution in [2.45, 2.75) is 13.8 Å². The predicted molar refractivity (Wildman–Crippen MR) is 174 cm³/mol. The number of nitrogens with zero attached hydrogens (tertiary/aromatic N) is 2. The summed E-state index contributed by atoms with van der Waals surface area (Å²) in [6, 6.07) is 47.5. The summed E-state index contributed by atoms with van der Waals surface area (Å²) >= 11 is 0. The van der Waals surface area contributed by atoms with Crippen LogP contribution in [0.3, 0.4) is 0 Å². The molecule has 0 bridgehead atoms. The molecule has 0 radical (unpaired) electrons. The Balaban J connectivity index is 1.47. The molecule has 9 rings (SSSR count). The second-order valence-corrected chi connectivity index (χ2v) is 11.5. The molecule has 0 saturated carbocycles. The van der Waals surface area contributed by atoms with E-state index >= 15 is 0 Å². The summed E-state index contributed by atoms with van der Waals surface area (Å²) in [4.78, 5) is 4.98. The number of hydrogen-bond acceptors (Lipinski definition) is 2. The zero-order chi connectivity index (χ0) is 27.2. The van der Waals surface area contributed by atoms with Crippen molar-refractivity contribution in [1.82, 2.24) is 0 Å². The van der Waals surface area contributed by atoms with Gasteiger partial charge >= 0.3 is 0 Å². The summed E-state index contributed by atoms with van der Waals surface area (Å²) in [7, 11) is 0. The summed E-state index contributed by atoms with van der Waals surface area (Å²) in [6.45, 7) is 4.45. The van der Waals surface area contributed by atoms with Crippen LogP contribution in [0.5, 0.6) is 0 Å². The minimum atomic E-state index is 0.134. The fourth-order valence-corrected chi connectivity index (χ4v) is 7.39. The maximum atomic E-state index is 2.49. The Hall–Kier alpha value is -5.02. The lowest BCUT2D eigenvalue weighted by atomic mass is 9.32. The minimum Gasteiger partial charge on any atom is -0.311 e. The second kappa shape index (κ2) is 8.25. The number of benzene rings is 6. The van der Waals surface area contributed by atoms with Crippen LogP contribution in [0.15, 0.2) is 127 Å². The van der Waals surface area contributed by atoms with E-state index in [1.807, 2.05) is 0 Å². The van der Waals surface area contributed by atoms with Gasteiger partial charge in [0, 0.05) is 34.1 Å². The number of fused-ring (bicyclic) bond motifs is 3. The van der Waals surface area contributed by atoms with Crippen LogP contribution in [0.25, 0.3) is 22.3 Å². The lowest BCUT2D eigenvalue weighted by Gasteiger charge is -2.44. The smallest absolute Gasteiger partial charge is 0.253 e. The molecule has 0 amide bonds. The van der Waals surface area contributed by atoms with E-state index in [-0.39, 0.29) is 6.71 Å². The van der Waals surface area contributed by atoms with Gasteiger partial charge in [0.15, 0.2) is 0 Å². The van der Waals surface area contributed by atoms with Crippen molar-refractivity contribution in [2.75, 3.05) is 9.80 Å². The van der Waals surface area contributed by atoms with Crippen molar-refractivity contribution < 1.29 is 0 Å². The fraction of sp³-hybridized carbons (Fsp3) is 0.0526. The van der Waals surface area contributed by atoms with Crippen LogP contribution in [0.2, 0.25) is 0 Å². The molecule has 6 aromatic rings. The van der Waals surface area contributed by atoms with Crippen molar-refractivity contribution in [2.24, 2.45) is 0 Å². The first-order valence-electron chi connectivity index (χ1n) is 14.4. The van der Waals surface area contributed by atoms with E-state index in [9.17, 15) is 0 Å². The van der Waals surface area contributed by atoms with Gasteiger partial charge in [-0.1, -0.05) is 90.0 Å². The molecule has 0 fully saturated rings. The summed E-state index contributed by atoms with van der Waals surface area (Å²) in [5, 5.41) is 0. The van der Waals surface area contributed by atoms with Crippen molar-refractivity contribution in [3.8, 4) is 22.3 Å². The highest BCUT2D eigenvalue weighted by Gasteiger charge is 2.46. The molecule has 0 N–H and O–H groups in total. The molecule has 3 aliphatic rings. The first-order valence-corrected chi connectivity index (χ1v) is 14.4. The van der Waals surface area contributed by atoms with Gasteiger partial charge in [-0.05, 0) is 101 Å². The predicted octanol–water partition coefficient (Wildman–Crippen LogP) is 8.03. The number of aryl methyl sites for hydroxylation is 2. The van der Waals surface area contributed by atoms with Gasteiger partial charge in [-0.15, -0.1) is 0 Å². The monoisotopic (exact) mass is 522 g/mol. The van der Waals surface area contributed by atoms with Crippen LogP contribution >= 0.6 is 0 Å². The highest BCUT2D eigenvalue weighted by molar-refractivity contribution is 7.02. The number of anilines is 6. The molecule has 192 valence electrons. The maximum Gasteiger partial charge on any atom is 0.253 e. The molecule has 2 nitrogen and oxygen atoms in total. The number of hydrogen-bond donors (Lipinski definition) is 0. The van der Waals surface area contributed by atoms with Gasteiger partial charge in [-0.2, -0.15) is 0 Å². The molecule has 0 spiro atoms. The van der Waals surface area contributed by atoms with E-state index < -0.39 is 0 Å². The van der Waals surface area contributed by atoms with Gasteiger partial charge in [0.2, 0.25) is 0 Å². The Morgan fingerprint density at radius 2 is 0.732 bits per heavy atom. The molecule has 0 saturated heterocycles. The van der Waals surface area contributed by atoms with Crippen molar-refractivity contribution >= 4 is 57.2 Å². The molecule has 0 atom stereocenters. The molecule has 3 heteroatoms. The van der Waals surface area contributed by atoms with Crippen LogP contribution in [-0.4, -0.2) is 6.71 Å². The summed E-state index contributed by atoms with van der Waals surface area (Å²) in [5.74, 6) is 0. The average Bonchev–Trinajstić information content (AvgIpc) is 3.14. The number of rotatable bonds is 2. The van der Waals surface area contributed by atoms with Crippen LogP contribution in [0.1, 0.15) is 11.1 Å². The van der Waals surface area contributed by atoms with E-state index in [1.165, 1.54) is 83.9 Å². The molecular formula is C38H27BN2. The van der Waals surface area contributed by atoms with E-state index in [0.717, 1.165) is 0 Å². The summed E-state index contributed by atoms with van der Waals surface area (Å²) in [6.07, 6.45) is 0. The Morgan fingerprint density at radius 3 is 1.17 bits per heavy atom. The first kappa shape index (κ1) is 22.8. The Labute approximate surface area is 241 Å². The van der Waals surface area contributed by atoms with Crippen LogP contribution < -0.4 is 26.2 Å². The standard InChI is InChI=1S/C38H27BN2/c1-24-16-20-26(21-17-24)40-32-12-5-10-30-28-8-3-4-9-29(28)31-11-6-13-33-37(31)39(36(30)32)38-34(40)14-7-15-35(38)41(33)27-22-18-25(2)19-23-27/h3-23H,1-2H3. The summed E-state index contributed by atoms with van der Waals surface area (Å²) < 4.78 is 0. The zero-order valence-electron chi connectivity index (χ0n) is 23.1. The fourth-order valence-electron chi connectivity index (χ4n) is 7.39. The largest absolute Gasteiger partial charge is 0.311 e. The summed E-state index contributed by atoms with van der Waals surface area (Å²) in [5.41, 5.74) is 19.4. The third-order valence-corrected chi connectivity index (χ3v) is 9.15. The zero-order valence-corrected chi connectivity index (χ0v) is 23.1. The third-order valence-electron chi connectivity index (χ3n) is 9.15. The Morgan fingerprint density at radius 1 is 0.366 bits per heavy atom.